The van der Waals surface area contributed by atoms with Gasteiger partial charge in [-0.1, -0.05) is 36.4 Å². The highest BCUT2D eigenvalue weighted by atomic mass is 19.1. The Morgan fingerprint density at radius 3 is 2.24 bits per heavy atom. The van der Waals surface area contributed by atoms with Crippen molar-refractivity contribution in [2.75, 3.05) is 19.6 Å². The maximum absolute atomic E-state index is 13.4. The van der Waals surface area contributed by atoms with Crippen LogP contribution in [0.5, 0.6) is 0 Å². The summed E-state index contributed by atoms with van der Waals surface area (Å²) in [4.78, 5) is 14.7. The summed E-state index contributed by atoms with van der Waals surface area (Å²) in [5, 5.41) is 0. The van der Waals surface area contributed by atoms with Gasteiger partial charge in [0.2, 0.25) is 0 Å². The predicted octanol–water partition coefficient (Wildman–Crippen LogP) is 6.04. The number of hydrogen-bond acceptors (Lipinski definition) is 3. The number of piperidine rings is 1. The third-order valence-electron chi connectivity index (χ3n) is 6.96. The van der Waals surface area contributed by atoms with Crippen molar-refractivity contribution in [3.05, 3.63) is 107 Å². The zero-order valence-electron chi connectivity index (χ0n) is 18.5. The lowest BCUT2D eigenvalue weighted by Crippen LogP contribution is -2.43. The fourth-order valence-electron chi connectivity index (χ4n) is 5.15. The lowest BCUT2D eigenvalue weighted by atomic mass is 9.83. The first-order valence-corrected chi connectivity index (χ1v) is 11.6. The summed E-state index contributed by atoms with van der Waals surface area (Å²) in [7, 11) is 0. The van der Waals surface area contributed by atoms with Crippen molar-refractivity contribution in [2.45, 2.75) is 37.4 Å². The quantitative estimate of drug-likeness (QED) is 0.432. The molecule has 5 heteroatoms. The van der Waals surface area contributed by atoms with Crippen LogP contribution >= 0.6 is 0 Å². The number of hydrogen-bond donors (Lipinski definition) is 0. The Balaban J connectivity index is 1.20. The number of rotatable bonds is 6. The summed E-state index contributed by atoms with van der Waals surface area (Å²) in [5.41, 5.74) is 3.63. The fourth-order valence-corrected chi connectivity index (χ4v) is 5.15. The van der Waals surface area contributed by atoms with Crippen molar-refractivity contribution >= 4 is 5.78 Å². The Bertz CT molecular complexity index is 1120. The third kappa shape index (κ3) is 4.48. The Labute approximate surface area is 193 Å². The van der Waals surface area contributed by atoms with Gasteiger partial charge in [-0.3, -0.25) is 4.79 Å². The molecule has 33 heavy (non-hydrogen) atoms. The average Bonchev–Trinajstić information content (AvgIpc) is 3.15. The van der Waals surface area contributed by atoms with E-state index in [1.165, 1.54) is 35.4 Å². The van der Waals surface area contributed by atoms with Crippen molar-refractivity contribution in [1.82, 2.24) is 4.90 Å². The largest absolute Gasteiger partial charge is 0.358 e. The highest BCUT2D eigenvalue weighted by molar-refractivity contribution is 5.95. The van der Waals surface area contributed by atoms with Gasteiger partial charge in [0.15, 0.2) is 5.78 Å². The predicted molar refractivity (Wildman–Crippen MR) is 123 cm³/mol. The van der Waals surface area contributed by atoms with Crippen LogP contribution in [0.2, 0.25) is 0 Å². The van der Waals surface area contributed by atoms with Crippen LogP contribution in [0.25, 0.3) is 0 Å². The number of ether oxygens (including phenoxy) is 1. The molecule has 2 aliphatic rings. The van der Waals surface area contributed by atoms with E-state index >= 15 is 0 Å². The minimum atomic E-state index is -0.328. The van der Waals surface area contributed by atoms with Gasteiger partial charge in [-0.15, -0.1) is 0 Å². The van der Waals surface area contributed by atoms with E-state index < -0.39 is 0 Å². The second-order valence-electron chi connectivity index (χ2n) is 9.01. The van der Waals surface area contributed by atoms with Gasteiger partial charge in [0.25, 0.3) is 0 Å². The lowest BCUT2D eigenvalue weighted by Gasteiger charge is -2.40. The maximum atomic E-state index is 13.4. The van der Waals surface area contributed by atoms with Gasteiger partial charge in [-0.2, -0.15) is 0 Å². The monoisotopic (exact) mass is 447 g/mol. The Kier molecular flexibility index (Phi) is 6.09. The molecule has 1 atom stereocenters. The van der Waals surface area contributed by atoms with E-state index in [9.17, 15) is 13.6 Å². The molecule has 0 aliphatic carbocycles. The number of fused-ring (bicyclic) bond motifs is 2. The smallest absolute Gasteiger partial charge is 0.162 e. The first-order chi connectivity index (χ1) is 16.0. The Morgan fingerprint density at radius 2 is 1.55 bits per heavy atom. The van der Waals surface area contributed by atoms with Crippen LogP contribution < -0.4 is 0 Å². The molecule has 0 bridgehead atoms. The number of likely N-dealkylation sites (tertiary alicyclic amines) is 1. The summed E-state index contributed by atoms with van der Waals surface area (Å²) in [6.45, 7) is 2.65. The fraction of sp³-hybridized carbons (Fsp3) is 0.321. The lowest BCUT2D eigenvalue weighted by molar-refractivity contribution is -0.0968. The van der Waals surface area contributed by atoms with E-state index in [4.69, 9.17) is 4.74 Å². The number of carbonyl (C=O) groups excluding carboxylic acids is 1. The Morgan fingerprint density at radius 1 is 0.909 bits per heavy atom. The SMILES string of the molecule is O=C(CCCN1CCC2(CC1)OC(c1ccc(F)cc1)c1ccccc12)c1ccc(F)cc1. The van der Waals surface area contributed by atoms with Gasteiger partial charge >= 0.3 is 0 Å². The van der Waals surface area contributed by atoms with E-state index in [0.717, 1.165) is 44.5 Å². The standard InChI is InChI=1S/C28H27F2NO2/c29-22-11-7-20(8-12-22)26(32)6-3-17-31-18-15-28(16-19-31)25-5-2-1-4-24(25)27(33-28)21-9-13-23(30)14-10-21/h1-2,4-5,7-14,27H,3,6,15-19H2. The summed E-state index contributed by atoms with van der Waals surface area (Å²) in [6, 6.07) is 20.7. The van der Waals surface area contributed by atoms with Gasteiger partial charge in [0, 0.05) is 25.1 Å². The molecule has 5 rings (SSSR count). The molecule has 3 nitrogen and oxygen atoms in total. The number of Topliss-reactive ketones (excluding diaryl/α,β-unsaturated/α-hetero) is 1. The van der Waals surface area contributed by atoms with E-state index in [1.807, 2.05) is 18.2 Å². The molecule has 170 valence electrons. The number of nitrogens with zero attached hydrogens (tertiary/aromatic N) is 1. The first-order valence-electron chi connectivity index (χ1n) is 11.6. The van der Waals surface area contributed by atoms with Crippen LogP contribution in [0.4, 0.5) is 8.78 Å². The van der Waals surface area contributed by atoms with Crippen molar-refractivity contribution in [3.63, 3.8) is 0 Å². The molecule has 2 aliphatic heterocycles. The number of ketones is 1. The molecule has 3 aromatic rings. The molecule has 1 unspecified atom stereocenters. The van der Waals surface area contributed by atoms with E-state index in [-0.39, 0.29) is 29.1 Å². The number of carbonyl (C=O) groups is 1. The number of halogens is 2. The molecule has 0 N–H and O–H groups in total. The van der Waals surface area contributed by atoms with Gasteiger partial charge < -0.3 is 9.64 Å². The van der Waals surface area contributed by atoms with Crippen LogP contribution in [-0.2, 0) is 10.3 Å². The molecule has 3 aromatic carbocycles. The number of benzene rings is 3. The molecule has 1 saturated heterocycles. The summed E-state index contributed by atoms with van der Waals surface area (Å²) >= 11 is 0. The van der Waals surface area contributed by atoms with Crippen LogP contribution in [0.3, 0.4) is 0 Å². The minimum Gasteiger partial charge on any atom is -0.358 e. The molecular weight excluding hydrogens is 420 g/mol. The van der Waals surface area contributed by atoms with E-state index in [1.54, 1.807) is 12.1 Å². The minimum absolute atomic E-state index is 0.0543. The first kappa shape index (κ1) is 21.9. The highest BCUT2D eigenvalue weighted by Gasteiger charge is 2.46. The molecular formula is C28H27F2NO2. The molecule has 2 heterocycles. The highest BCUT2D eigenvalue weighted by Crippen LogP contribution is 2.51. The van der Waals surface area contributed by atoms with Gasteiger partial charge in [-0.25, -0.2) is 8.78 Å². The third-order valence-corrected chi connectivity index (χ3v) is 6.96. The molecule has 0 amide bonds. The van der Waals surface area contributed by atoms with Gasteiger partial charge in [-0.05, 0) is 78.9 Å². The van der Waals surface area contributed by atoms with E-state index in [2.05, 4.69) is 23.1 Å². The van der Waals surface area contributed by atoms with Gasteiger partial charge in [0.05, 0.1) is 5.60 Å². The summed E-state index contributed by atoms with van der Waals surface area (Å²) in [5.74, 6) is -0.518. The molecule has 0 aromatic heterocycles. The van der Waals surface area contributed by atoms with Crippen molar-refractivity contribution in [2.24, 2.45) is 0 Å². The maximum Gasteiger partial charge on any atom is 0.162 e. The van der Waals surface area contributed by atoms with Crippen LogP contribution in [0.1, 0.15) is 58.8 Å². The average molecular weight is 448 g/mol. The molecule has 1 spiro atoms. The molecule has 0 saturated carbocycles. The second-order valence-corrected chi connectivity index (χ2v) is 9.01. The topological polar surface area (TPSA) is 29.5 Å². The zero-order chi connectivity index (χ0) is 22.8. The molecule has 0 radical (unpaired) electrons. The van der Waals surface area contributed by atoms with Crippen molar-refractivity contribution in [3.8, 4) is 0 Å². The summed E-state index contributed by atoms with van der Waals surface area (Å²) in [6.07, 6.45) is 2.82. The normalized spacial score (nSPS) is 19.5. The van der Waals surface area contributed by atoms with E-state index in [0.29, 0.717) is 12.0 Å². The van der Waals surface area contributed by atoms with Crippen LogP contribution in [-0.4, -0.2) is 30.3 Å². The second kappa shape index (κ2) is 9.16. The van der Waals surface area contributed by atoms with Gasteiger partial charge in [0.1, 0.15) is 17.7 Å². The zero-order valence-corrected chi connectivity index (χ0v) is 18.5. The van der Waals surface area contributed by atoms with Crippen molar-refractivity contribution in [1.29, 1.82) is 0 Å². The van der Waals surface area contributed by atoms with Crippen LogP contribution in [0.15, 0.2) is 72.8 Å². The van der Waals surface area contributed by atoms with Crippen molar-refractivity contribution < 1.29 is 18.3 Å². The molecule has 1 fully saturated rings. The van der Waals surface area contributed by atoms with Crippen LogP contribution in [0, 0.1) is 11.6 Å². The Hall–Kier alpha value is -2.89. The summed E-state index contributed by atoms with van der Waals surface area (Å²) < 4.78 is 33.2.